The molecule has 2 rings (SSSR count). The van der Waals surface area contributed by atoms with E-state index in [1.165, 1.54) is 29.9 Å². The van der Waals surface area contributed by atoms with Crippen LogP contribution >= 0.6 is 11.8 Å². The summed E-state index contributed by atoms with van der Waals surface area (Å²) in [7, 11) is 0. The number of benzene rings is 1. The van der Waals surface area contributed by atoms with Gasteiger partial charge in [-0.25, -0.2) is 0 Å². The van der Waals surface area contributed by atoms with Gasteiger partial charge in [-0.3, -0.25) is 0 Å². The second-order valence-electron chi connectivity index (χ2n) is 6.09. The first-order chi connectivity index (χ1) is 9.18. The lowest BCUT2D eigenvalue weighted by molar-refractivity contribution is 0.254. The second-order valence-corrected chi connectivity index (χ2v) is 7.15. The smallest absolute Gasteiger partial charge is 0.0107 e. The molecule has 19 heavy (non-hydrogen) atoms. The molecule has 0 saturated carbocycles. The molecule has 106 valence electrons. The molecule has 0 spiro atoms. The van der Waals surface area contributed by atoms with Gasteiger partial charge in [-0.2, -0.15) is 0 Å². The Labute approximate surface area is 122 Å². The van der Waals surface area contributed by atoms with Gasteiger partial charge in [0.2, 0.25) is 0 Å². The summed E-state index contributed by atoms with van der Waals surface area (Å²) < 4.78 is 0. The molecular weight excluding hydrogens is 250 g/mol. The molecule has 1 aromatic carbocycles. The summed E-state index contributed by atoms with van der Waals surface area (Å²) in [6, 6.07) is 8.96. The third-order valence-electron chi connectivity index (χ3n) is 4.37. The van der Waals surface area contributed by atoms with Gasteiger partial charge in [0.25, 0.3) is 0 Å². The van der Waals surface area contributed by atoms with Gasteiger partial charge < -0.3 is 5.32 Å². The molecular formula is C17H27NS. The maximum absolute atomic E-state index is 3.62. The Morgan fingerprint density at radius 1 is 1.32 bits per heavy atom. The van der Waals surface area contributed by atoms with Crippen LogP contribution in [0.4, 0.5) is 0 Å². The fourth-order valence-corrected chi connectivity index (χ4v) is 4.16. The number of thioether (sulfide) groups is 1. The molecule has 2 atom stereocenters. The third-order valence-corrected chi connectivity index (χ3v) is 5.62. The standard InChI is InChI=1S/C17H27NS/c1-4-10-18-13-17(3,5-2)11-14-12-19-16-9-7-6-8-15(14)16/h6-9,14,18H,4-5,10-13H2,1-3H3. The van der Waals surface area contributed by atoms with Crippen molar-refractivity contribution in [1.82, 2.24) is 5.32 Å². The van der Waals surface area contributed by atoms with Crippen molar-refractivity contribution in [2.24, 2.45) is 5.41 Å². The molecule has 0 radical (unpaired) electrons. The number of hydrogen-bond acceptors (Lipinski definition) is 2. The van der Waals surface area contributed by atoms with E-state index in [1.807, 2.05) is 11.8 Å². The predicted molar refractivity (Wildman–Crippen MR) is 86.1 cm³/mol. The van der Waals surface area contributed by atoms with Crippen molar-refractivity contribution in [2.45, 2.75) is 50.8 Å². The van der Waals surface area contributed by atoms with E-state index in [0.717, 1.165) is 19.0 Å². The Kier molecular flexibility index (Phi) is 5.35. The van der Waals surface area contributed by atoms with Gasteiger partial charge in [-0.15, -0.1) is 11.8 Å². The molecule has 2 unspecified atom stereocenters. The van der Waals surface area contributed by atoms with E-state index in [9.17, 15) is 0 Å². The number of nitrogens with one attached hydrogen (secondary N) is 1. The van der Waals surface area contributed by atoms with Crippen molar-refractivity contribution in [3.8, 4) is 0 Å². The molecule has 1 nitrogen and oxygen atoms in total. The second kappa shape index (κ2) is 6.81. The van der Waals surface area contributed by atoms with Crippen molar-refractivity contribution >= 4 is 11.8 Å². The highest BCUT2D eigenvalue weighted by Crippen LogP contribution is 2.45. The van der Waals surface area contributed by atoms with Crippen LogP contribution in [0.2, 0.25) is 0 Å². The summed E-state index contributed by atoms with van der Waals surface area (Å²) >= 11 is 2.04. The summed E-state index contributed by atoms with van der Waals surface area (Å²) in [6.45, 7) is 9.31. The number of hydrogen-bond donors (Lipinski definition) is 1. The highest BCUT2D eigenvalue weighted by Gasteiger charge is 2.31. The van der Waals surface area contributed by atoms with Crippen LogP contribution in [0.3, 0.4) is 0 Å². The van der Waals surface area contributed by atoms with Gasteiger partial charge >= 0.3 is 0 Å². The van der Waals surface area contributed by atoms with Crippen LogP contribution in [0.1, 0.15) is 51.5 Å². The maximum Gasteiger partial charge on any atom is 0.0107 e. The van der Waals surface area contributed by atoms with Crippen molar-refractivity contribution in [3.05, 3.63) is 29.8 Å². The molecule has 0 fully saturated rings. The van der Waals surface area contributed by atoms with Crippen LogP contribution < -0.4 is 5.32 Å². The van der Waals surface area contributed by atoms with E-state index in [0.29, 0.717) is 5.41 Å². The molecule has 0 aliphatic carbocycles. The Hall–Kier alpha value is -0.470. The van der Waals surface area contributed by atoms with Gasteiger partial charge in [0.15, 0.2) is 0 Å². The summed E-state index contributed by atoms with van der Waals surface area (Å²) in [5, 5.41) is 3.62. The lowest BCUT2D eigenvalue weighted by atomic mass is 9.77. The topological polar surface area (TPSA) is 12.0 Å². The molecule has 1 aliphatic heterocycles. The molecule has 1 aliphatic rings. The average Bonchev–Trinajstić information content (AvgIpc) is 2.82. The van der Waals surface area contributed by atoms with E-state index in [4.69, 9.17) is 0 Å². The minimum atomic E-state index is 0.428. The van der Waals surface area contributed by atoms with Gasteiger partial charge in [-0.1, -0.05) is 39.0 Å². The number of rotatable bonds is 7. The zero-order valence-corrected chi connectivity index (χ0v) is 13.4. The van der Waals surface area contributed by atoms with Crippen LogP contribution in [0, 0.1) is 5.41 Å². The largest absolute Gasteiger partial charge is 0.316 e. The monoisotopic (exact) mass is 277 g/mol. The molecule has 0 aromatic heterocycles. The van der Waals surface area contributed by atoms with Crippen molar-refractivity contribution < 1.29 is 0 Å². The normalized spacial score (nSPS) is 21.1. The highest BCUT2D eigenvalue weighted by atomic mass is 32.2. The van der Waals surface area contributed by atoms with E-state index >= 15 is 0 Å². The first kappa shape index (κ1) is 14.9. The molecule has 2 heteroatoms. The SMILES string of the molecule is CCCNCC(C)(CC)CC1CSc2ccccc21. The fourth-order valence-electron chi connectivity index (χ4n) is 2.90. The third kappa shape index (κ3) is 3.76. The molecule has 0 bridgehead atoms. The Morgan fingerprint density at radius 2 is 2.11 bits per heavy atom. The van der Waals surface area contributed by atoms with E-state index in [1.54, 1.807) is 5.56 Å². The number of fused-ring (bicyclic) bond motifs is 1. The minimum absolute atomic E-state index is 0.428. The van der Waals surface area contributed by atoms with E-state index in [-0.39, 0.29) is 0 Å². The van der Waals surface area contributed by atoms with Crippen molar-refractivity contribution in [1.29, 1.82) is 0 Å². The predicted octanol–water partition coefficient (Wildman–Crippen LogP) is 4.68. The zero-order chi connectivity index (χ0) is 13.7. The quantitative estimate of drug-likeness (QED) is 0.726. The van der Waals surface area contributed by atoms with Gasteiger partial charge in [0, 0.05) is 17.2 Å². The van der Waals surface area contributed by atoms with Crippen LogP contribution in [0.5, 0.6) is 0 Å². The van der Waals surface area contributed by atoms with Gasteiger partial charge in [-0.05, 0) is 48.8 Å². The van der Waals surface area contributed by atoms with Crippen molar-refractivity contribution in [2.75, 3.05) is 18.8 Å². The van der Waals surface area contributed by atoms with Crippen LogP contribution in [0.25, 0.3) is 0 Å². The Bertz CT molecular complexity index is 404. The van der Waals surface area contributed by atoms with Crippen molar-refractivity contribution in [3.63, 3.8) is 0 Å². The van der Waals surface area contributed by atoms with Crippen LogP contribution in [0.15, 0.2) is 29.2 Å². The van der Waals surface area contributed by atoms with Gasteiger partial charge in [0.1, 0.15) is 0 Å². The summed E-state index contributed by atoms with van der Waals surface area (Å²) in [5.41, 5.74) is 2.01. The van der Waals surface area contributed by atoms with Crippen LogP contribution in [-0.2, 0) is 0 Å². The Morgan fingerprint density at radius 3 is 2.84 bits per heavy atom. The lowest BCUT2D eigenvalue weighted by Gasteiger charge is -2.31. The average molecular weight is 277 g/mol. The van der Waals surface area contributed by atoms with Crippen LogP contribution in [-0.4, -0.2) is 18.8 Å². The van der Waals surface area contributed by atoms with E-state index < -0.39 is 0 Å². The molecule has 1 heterocycles. The summed E-state index contributed by atoms with van der Waals surface area (Å²) in [5.74, 6) is 2.01. The summed E-state index contributed by atoms with van der Waals surface area (Å²) in [4.78, 5) is 1.51. The van der Waals surface area contributed by atoms with E-state index in [2.05, 4.69) is 50.4 Å². The molecule has 1 aromatic rings. The molecule has 0 saturated heterocycles. The first-order valence-corrected chi connectivity index (χ1v) is 8.59. The summed E-state index contributed by atoms with van der Waals surface area (Å²) in [6.07, 6.45) is 3.79. The highest BCUT2D eigenvalue weighted by molar-refractivity contribution is 7.99. The zero-order valence-electron chi connectivity index (χ0n) is 12.5. The maximum atomic E-state index is 3.62. The van der Waals surface area contributed by atoms with Gasteiger partial charge in [0.05, 0.1) is 0 Å². The fraction of sp³-hybridized carbons (Fsp3) is 0.647. The lowest BCUT2D eigenvalue weighted by Crippen LogP contribution is -2.33. The minimum Gasteiger partial charge on any atom is -0.316 e. The molecule has 1 N–H and O–H groups in total. The Balaban J connectivity index is 1.99. The molecule has 0 amide bonds. The first-order valence-electron chi connectivity index (χ1n) is 7.61.